The van der Waals surface area contributed by atoms with Gasteiger partial charge >= 0.3 is 0 Å². The molecule has 0 aromatic heterocycles. The second-order valence-corrected chi connectivity index (χ2v) is 5.88. The zero-order valence-corrected chi connectivity index (χ0v) is 11.6. The van der Waals surface area contributed by atoms with Gasteiger partial charge in [-0.25, -0.2) is 0 Å². The minimum absolute atomic E-state index is 0.780. The fraction of sp³-hybridized carbons (Fsp3) is 1.00. The van der Waals surface area contributed by atoms with Crippen LogP contribution in [0.25, 0.3) is 0 Å². The van der Waals surface area contributed by atoms with Crippen LogP contribution in [0.3, 0.4) is 0 Å². The fourth-order valence-electron chi connectivity index (χ4n) is 2.71. The number of nitrogens with one attached hydrogen (secondary N) is 1. The molecule has 0 bridgehead atoms. The Bertz CT molecular complexity index is 178. The van der Waals surface area contributed by atoms with Crippen LogP contribution in [0.5, 0.6) is 0 Å². The van der Waals surface area contributed by atoms with Crippen molar-refractivity contribution in [2.24, 2.45) is 11.8 Å². The van der Waals surface area contributed by atoms with Gasteiger partial charge in [-0.15, -0.1) is 0 Å². The van der Waals surface area contributed by atoms with Crippen molar-refractivity contribution in [1.29, 1.82) is 0 Å². The van der Waals surface area contributed by atoms with Gasteiger partial charge in [0, 0.05) is 12.6 Å². The lowest BCUT2D eigenvalue weighted by Gasteiger charge is -2.37. The topological polar surface area (TPSA) is 15.3 Å². The molecule has 1 fully saturated rings. The molecule has 2 atom stereocenters. The van der Waals surface area contributed by atoms with E-state index in [2.05, 4.69) is 38.0 Å². The van der Waals surface area contributed by atoms with Crippen molar-refractivity contribution in [3.63, 3.8) is 0 Å². The lowest BCUT2D eigenvalue weighted by molar-refractivity contribution is 0.122. The highest BCUT2D eigenvalue weighted by molar-refractivity contribution is 4.78. The zero-order valence-electron chi connectivity index (χ0n) is 11.6. The van der Waals surface area contributed by atoms with Crippen LogP contribution in [0, 0.1) is 11.8 Å². The van der Waals surface area contributed by atoms with Crippen molar-refractivity contribution in [3.05, 3.63) is 0 Å². The molecule has 1 N–H and O–H groups in total. The maximum atomic E-state index is 3.32. The summed E-state index contributed by atoms with van der Waals surface area (Å²) >= 11 is 0. The van der Waals surface area contributed by atoms with Crippen LogP contribution in [0.1, 0.15) is 46.5 Å². The molecule has 2 nitrogen and oxygen atoms in total. The van der Waals surface area contributed by atoms with Crippen LogP contribution in [0.2, 0.25) is 0 Å². The Hall–Kier alpha value is -0.0800. The van der Waals surface area contributed by atoms with Crippen LogP contribution in [-0.4, -0.2) is 37.6 Å². The molecule has 1 aliphatic rings. The van der Waals surface area contributed by atoms with E-state index in [4.69, 9.17) is 0 Å². The average Bonchev–Trinajstić information content (AvgIpc) is 2.26. The Morgan fingerprint density at radius 1 is 1.25 bits per heavy atom. The summed E-state index contributed by atoms with van der Waals surface area (Å²) in [5.74, 6) is 1.72. The van der Waals surface area contributed by atoms with Crippen molar-refractivity contribution in [2.75, 3.05) is 26.7 Å². The molecule has 1 saturated heterocycles. The summed E-state index contributed by atoms with van der Waals surface area (Å²) < 4.78 is 0. The van der Waals surface area contributed by atoms with Gasteiger partial charge in [-0.1, -0.05) is 13.8 Å². The van der Waals surface area contributed by atoms with Gasteiger partial charge in [0.15, 0.2) is 0 Å². The molecule has 96 valence electrons. The predicted molar refractivity (Wildman–Crippen MR) is 71.8 cm³/mol. The van der Waals surface area contributed by atoms with Crippen molar-refractivity contribution in [2.45, 2.75) is 52.5 Å². The second kappa shape index (κ2) is 7.29. The lowest BCUT2D eigenvalue weighted by atomic mass is 9.95. The first-order valence-corrected chi connectivity index (χ1v) is 7.02. The summed E-state index contributed by atoms with van der Waals surface area (Å²) in [4.78, 5) is 2.70. The van der Waals surface area contributed by atoms with Crippen LogP contribution in [0.15, 0.2) is 0 Å². The third kappa shape index (κ3) is 4.84. The Kier molecular flexibility index (Phi) is 6.37. The van der Waals surface area contributed by atoms with Crippen LogP contribution in [-0.2, 0) is 0 Å². The monoisotopic (exact) mass is 226 g/mol. The predicted octanol–water partition coefficient (Wildman–Crippen LogP) is 2.74. The van der Waals surface area contributed by atoms with Crippen LogP contribution < -0.4 is 5.32 Å². The standard InChI is InChI=1S/C14H30N2/c1-12(2)7-8-13(3)16-9-5-6-14(11-16)10-15-4/h12-15H,5-11H2,1-4H3. The van der Waals surface area contributed by atoms with Crippen LogP contribution in [0.4, 0.5) is 0 Å². The van der Waals surface area contributed by atoms with Gasteiger partial charge in [0.25, 0.3) is 0 Å². The lowest BCUT2D eigenvalue weighted by Crippen LogP contribution is -2.43. The van der Waals surface area contributed by atoms with Crippen molar-refractivity contribution < 1.29 is 0 Å². The fourth-order valence-corrected chi connectivity index (χ4v) is 2.71. The quantitative estimate of drug-likeness (QED) is 0.749. The summed E-state index contributed by atoms with van der Waals surface area (Å²) in [5.41, 5.74) is 0. The normalized spacial score (nSPS) is 24.9. The molecule has 2 unspecified atom stereocenters. The third-order valence-corrected chi connectivity index (χ3v) is 3.83. The van der Waals surface area contributed by atoms with E-state index in [0.29, 0.717) is 0 Å². The molecule has 0 saturated carbocycles. The molecule has 0 radical (unpaired) electrons. The highest BCUT2D eigenvalue weighted by atomic mass is 15.2. The summed E-state index contributed by atoms with van der Waals surface area (Å²) in [6, 6.07) is 0.780. The maximum Gasteiger partial charge on any atom is 0.00671 e. The molecular formula is C14H30N2. The number of piperidine rings is 1. The zero-order chi connectivity index (χ0) is 12.0. The van der Waals surface area contributed by atoms with Gasteiger partial charge in [0.1, 0.15) is 0 Å². The van der Waals surface area contributed by atoms with E-state index in [1.807, 2.05) is 0 Å². The molecule has 0 aliphatic carbocycles. The Balaban J connectivity index is 2.28. The van der Waals surface area contributed by atoms with E-state index < -0.39 is 0 Å². The molecular weight excluding hydrogens is 196 g/mol. The first-order chi connectivity index (χ1) is 7.63. The number of hydrogen-bond donors (Lipinski definition) is 1. The molecule has 16 heavy (non-hydrogen) atoms. The van der Waals surface area contributed by atoms with Crippen molar-refractivity contribution >= 4 is 0 Å². The van der Waals surface area contributed by atoms with Gasteiger partial charge in [0.2, 0.25) is 0 Å². The third-order valence-electron chi connectivity index (χ3n) is 3.83. The molecule has 0 aromatic carbocycles. The van der Waals surface area contributed by atoms with E-state index in [-0.39, 0.29) is 0 Å². The Morgan fingerprint density at radius 2 is 2.00 bits per heavy atom. The van der Waals surface area contributed by atoms with Gasteiger partial charge < -0.3 is 10.2 Å². The van der Waals surface area contributed by atoms with E-state index in [9.17, 15) is 0 Å². The Labute approximate surface area is 102 Å². The van der Waals surface area contributed by atoms with Gasteiger partial charge in [0.05, 0.1) is 0 Å². The minimum Gasteiger partial charge on any atom is -0.319 e. The van der Waals surface area contributed by atoms with Crippen LogP contribution >= 0.6 is 0 Å². The highest BCUT2D eigenvalue weighted by Gasteiger charge is 2.22. The van der Waals surface area contributed by atoms with Crippen molar-refractivity contribution in [1.82, 2.24) is 10.2 Å². The molecule has 1 heterocycles. The first kappa shape index (κ1) is 14.0. The van der Waals surface area contributed by atoms with Gasteiger partial charge in [-0.3, -0.25) is 0 Å². The molecule has 0 amide bonds. The number of likely N-dealkylation sites (tertiary alicyclic amines) is 1. The van der Waals surface area contributed by atoms with Gasteiger partial charge in [-0.2, -0.15) is 0 Å². The number of hydrogen-bond acceptors (Lipinski definition) is 2. The Morgan fingerprint density at radius 3 is 2.62 bits per heavy atom. The van der Waals surface area contributed by atoms with E-state index in [1.165, 1.54) is 45.3 Å². The molecule has 2 heteroatoms. The summed E-state index contributed by atoms with van der Waals surface area (Å²) in [7, 11) is 2.07. The summed E-state index contributed by atoms with van der Waals surface area (Å²) in [6.45, 7) is 10.9. The molecule has 1 rings (SSSR count). The van der Waals surface area contributed by atoms with E-state index in [0.717, 1.165) is 17.9 Å². The summed E-state index contributed by atoms with van der Waals surface area (Å²) in [5, 5.41) is 3.32. The molecule has 1 aliphatic heterocycles. The SMILES string of the molecule is CNCC1CCCN(C(C)CCC(C)C)C1. The second-order valence-electron chi connectivity index (χ2n) is 5.88. The first-order valence-electron chi connectivity index (χ1n) is 7.02. The molecule has 0 aromatic rings. The van der Waals surface area contributed by atoms with Gasteiger partial charge in [-0.05, 0) is 64.6 Å². The van der Waals surface area contributed by atoms with E-state index in [1.54, 1.807) is 0 Å². The number of rotatable bonds is 6. The van der Waals surface area contributed by atoms with Crippen molar-refractivity contribution in [3.8, 4) is 0 Å². The average molecular weight is 226 g/mol. The summed E-state index contributed by atoms with van der Waals surface area (Å²) in [6.07, 6.45) is 5.53. The molecule has 0 spiro atoms. The number of nitrogens with zero attached hydrogens (tertiary/aromatic N) is 1. The maximum absolute atomic E-state index is 3.32. The highest BCUT2D eigenvalue weighted by Crippen LogP contribution is 2.20. The minimum atomic E-state index is 0.780. The largest absolute Gasteiger partial charge is 0.319 e. The smallest absolute Gasteiger partial charge is 0.00671 e. The van der Waals surface area contributed by atoms with E-state index >= 15 is 0 Å².